The number of benzene rings is 1. The van der Waals surface area contributed by atoms with Crippen LogP contribution in [0.2, 0.25) is 0 Å². The molecular weight excluding hydrogens is 313 g/mol. The Balaban J connectivity index is 2.09. The molecule has 0 aliphatic rings. The van der Waals surface area contributed by atoms with E-state index in [-0.39, 0.29) is 11.9 Å². The SMILES string of the molecule is CNC(c1cc2cc(F)ccc2o1)c1ccoc1Br. The first-order valence-electron chi connectivity index (χ1n) is 5.78. The van der Waals surface area contributed by atoms with Crippen LogP contribution >= 0.6 is 15.9 Å². The molecule has 0 aliphatic heterocycles. The van der Waals surface area contributed by atoms with Gasteiger partial charge in [-0.1, -0.05) is 0 Å². The molecule has 1 atom stereocenters. The molecule has 0 saturated heterocycles. The van der Waals surface area contributed by atoms with Crippen molar-refractivity contribution < 1.29 is 13.2 Å². The van der Waals surface area contributed by atoms with E-state index in [0.717, 1.165) is 10.9 Å². The summed E-state index contributed by atoms with van der Waals surface area (Å²) >= 11 is 3.35. The molecular formula is C14H11BrFNO2. The van der Waals surface area contributed by atoms with E-state index >= 15 is 0 Å². The van der Waals surface area contributed by atoms with Gasteiger partial charge in [0.2, 0.25) is 0 Å². The highest BCUT2D eigenvalue weighted by molar-refractivity contribution is 9.10. The van der Waals surface area contributed by atoms with E-state index in [9.17, 15) is 4.39 Å². The quantitative estimate of drug-likeness (QED) is 0.783. The van der Waals surface area contributed by atoms with Gasteiger partial charge in [-0.05, 0) is 53.3 Å². The zero-order valence-electron chi connectivity index (χ0n) is 10.1. The summed E-state index contributed by atoms with van der Waals surface area (Å²) in [4.78, 5) is 0. The average molecular weight is 324 g/mol. The smallest absolute Gasteiger partial charge is 0.174 e. The minimum Gasteiger partial charge on any atom is -0.459 e. The Bertz CT molecular complexity index is 719. The summed E-state index contributed by atoms with van der Waals surface area (Å²) in [6.07, 6.45) is 1.60. The first kappa shape index (κ1) is 12.4. The lowest BCUT2D eigenvalue weighted by atomic mass is 10.1. The van der Waals surface area contributed by atoms with Gasteiger partial charge < -0.3 is 14.2 Å². The van der Waals surface area contributed by atoms with Crippen LogP contribution in [0.15, 0.2) is 50.1 Å². The second kappa shape index (κ2) is 4.83. The lowest BCUT2D eigenvalue weighted by molar-refractivity contribution is 0.479. The molecule has 0 radical (unpaired) electrons. The third kappa shape index (κ3) is 2.19. The predicted octanol–water partition coefficient (Wildman–Crippen LogP) is 4.24. The predicted molar refractivity (Wildman–Crippen MR) is 73.5 cm³/mol. The van der Waals surface area contributed by atoms with E-state index in [4.69, 9.17) is 8.83 Å². The number of rotatable bonds is 3. The van der Waals surface area contributed by atoms with Crippen LogP contribution in [0.4, 0.5) is 4.39 Å². The van der Waals surface area contributed by atoms with Gasteiger partial charge in [0.05, 0.1) is 12.3 Å². The fourth-order valence-corrected chi connectivity index (χ4v) is 2.61. The van der Waals surface area contributed by atoms with E-state index in [1.165, 1.54) is 12.1 Å². The highest BCUT2D eigenvalue weighted by atomic mass is 79.9. The Morgan fingerprint density at radius 2 is 2.11 bits per heavy atom. The lowest BCUT2D eigenvalue weighted by Gasteiger charge is -2.11. The van der Waals surface area contributed by atoms with E-state index in [1.807, 2.05) is 19.2 Å². The van der Waals surface area contributed by atoms with Crippen molar-refractivity contribution in [3.8, 4) is 0 Å². The number of furan rings is 2. The molecule has 0 bridgehead atoms. The maximum absolute atomic E-state index is 13.2. The first-order valence-corrected chi connectivity index (χ1v) is 6.57. The molecule has 3 aromatic rings. The van der Waals surface area contributed by atoms with Crippen molar-refractivity contribution in [3.63, 3.8) is 0 Å². The number of hydrogen-bond donors (Lipinski definition) is 1. The van der Waals surface area contributed by atoms with Crippen molar-refractivity contribution in [2.75, 3.05) is 7.05 Å². The van der Waals surface area contributed by atoms with Gasteiger partial charge in [-0.25, -0.2) is 4.39 Å². The molecule has 1 unspecified atom stereocenters. The number of nitrogens with one attached hydrogen (secondary N) is 1. The maximum Gasteiger partial charge on any atom is 0.174 e. The van der Waals surface area contributed by atoms with Crippen LogP contribution in [0.5, 0.6) is 0 Å². The Labute approximate surface area is 117 Å². The minimum absolute atomic E-state index is 0.149. The van der Waals surface area contributed by atoms with Gasteiger partial charge in [-0.15, -0.1) is 0 Å². The third-order valence-corrected chi connectivity index (χ3v) is 3.67. The molecule has 3 nitrogen and oxygen atoms in total. The zero-order chi connectivity index (χ0) is 13.4. The van der Waals surface area contributed by atoms with Gasteiger partial charge in [-0.2, -0.15) is 0 Å². The molecule has 2 aromatic heterocycles. The number of halogens is 2. The van der Waals surface area contributed by atoms with Crippen LogP contribution in [0.25, 0.3) is 11.0 Å². The molecule has 0 spiro atoms. The van der Waals surface area contributed by atoms with Gasteiger partial charge in [0.25, 0.3) is 0 Å². The molecule has 0 amide bonds. The third-order valence-electron chi connectivity index (χ3n) is 3.03. The van der Waals surface area contributed by atoms with Crippen molar-refractivity contribution in [2.45, 2.75) is 6.04 Å². The molecule has 2 heterocycles. The van der Waals surface area contributed by atoms with E-state index in [1.54, 1.807) is 12.3 Å². The normalized spacial score (nSPS) is 13.0. The summed E-state index contributed by atoms with van der Waals surface area (Å²) in [5.74, 6) is 0.440. The van der Waals surface area contributed by atoms with Crippen LogP contribution in [-0.4, -0.2) is 7.05 Å². The van der Waals surface area contributed by atoms with E-state index in [2.05, 4.69) is 21.2 Å². The lowest BCUT2D eigenvalue weighted by Crippen LogP contribution is -2.16. The summed E-state index contributed by atoms with van der Waals surface area (Å²) in [5.41, 5.74) is 1.60. The summed E-state index contributed by atoms with van der Waals surface area (Å²) in [6, 6.07) is 8.02. The van der Waals surface area contributed by atoms with Gasteiger partial charge in [0, 0.05) is 10.9 Å². The maximum atomic E-state index is 13.2. The van der Waals surface area contributed by atoms with Crippen molar-refractivity contribution in [2.24, 2.45) is 0 Å². The van der Waals surface area contributed by atoms with Crippen LogP contribution in [-0.2, 0) is 0 Å². The second-order valence-electron chi connectivity index (χ2n) is 4.20. The van der Waals surface area contributed by atoms with E-state index < -0.39 is 0 Å². The van der Waals surface area contributed by atoms with Crippen molar-refractivity contribution in [1.82, 2.24) is 5.32 Å². The monoisotopic (exact) mass is 323 g/mol. The molecule has 0 aliphatic carbocycles. The van der Waals surface area contributed by atoms with Crippen molar-refractivity contribution in [1.29, 1.82) is 0 Å². The summed E-state index contributed by atoms with van der Waals surface area (Å²) in [5, 5.41) is 3.90. The van der Waals surface area contributed by atoms with Crippen molar-refractivity contribution >= 4 is 26.9 Å². The highest BCUT2D eigenvalue weighted by Crippen LogP contribution is 2.32. The Morgan fingerprint density at radius 1 is 1.26 bits per heavy atom. The Morgan fingerprint density at radius 3 is 2.79 bits per heavy atom. The van der Waals surface area contributed by atoms with E-state index in [0.29, 0.717) is 16.0 Å². The molecule has 0 saturated carbocycles. The summed E-state index contributed by atoms with van der Waals surface area (Å²) < 4.78 is 24.8. The van der Waals surface area contributed by atoms with Crippen LogP contribution in [0, 0.1) is 5.82 Å². The van der Waals surface area contributed by atoms with Crippen LogP contribution in [0.1, 0.15) is 17.4 Å². The largest absolute Gasteiger partial charge is 0.459 e. The van der Waals surface area contributed by atoms with Gasteiger partial charge in [0.1, 0.15) is 17.2 Å². The second-order valence-corrected chi connectivity index (χ2v) is 4.92. The molecule has 3 rings (SSSR count). The topological polar surface area (TPSA) is 38.3 Å². The Kier molecular flexibility index (Phi) is 3.16. The molecule has 5 heteroatoms. The van der Waals surface area contributed by atoms with Gasteiger partial charge >= 0.3 is 0 Å². The zero-order valence-corrected chi connectivity index (χ0v) is 11.7. The molecule has 0 fully saturated rings. The van der Waals surface area contributed by atoms with Crippen LogP contribution < -0.4 is 5.32 Å². The molecule has 1 N–H and O–H groups in total. The Hall–Kier alpha value is -1.59. The molecule has 98 valence electrons. The average Bonchev–Trinajstić information content (AvgIpc) is 2.97. The number of fused-ring (bicyclic) bond motifs is 1. The van der Waals surface area contributed by atoms with Crippen LogP contribution in [0.3, 0.4) is 0 Å². The van der Waals surface area contributed by atoms with Gasteiger partial charge in [0.15, 0.2) is 4.67 Å². The van der Waals surface area contributed by atoms with Gasteiger partial charge in [-0.3, -0.25) is 0 Å². The highest BCUT2D eigenvalue weighted by Gasteiger charge is 2.21. The molecule has 19 heavy (non-hydrogen) atoms. The minimum atomic E-state index is -0.273. The first-order chi connectivity index (χ1) is 9.19. The molecule has 1 aromatic carbocycles. The van der Waals surface area contributed by atoms with Crippen molar-refractivity contribution in [3.05, 3.63) is 58.4 Å². The summed E-state index contributed by atoms with van der Waals surface area (Å²) in [7, 11) is 1.83. The fourth-order valence-electron chi connectivity index (χ4n) is 2.14. The standard InChI is InChI=1S/C14H11BrFNO2/c1-17-13(10-4-5-18-14(10)15)12-7-8-6-9(16)2-3-11(8)19-12/h2-7,13,17H,1H3. The fraction of sp³-hybridized carbons (Fsp3) is 0.143. The summed E-state index contributed by atoms with van der Waals surface area (Å²) in [6.45, 7) is 0. The number of hydrogen-bond acceptors (Lipinski definition) is 3.